The van der Waals surface area contributed by atoms with E-state index in [0.717, 1.165) is 28.1 Å². The number of aromatic nitrogens is 1. The Morgan fingerprint density at radius 1 is 1.14 bits per heavy atom. The van der Waals surface area contributed by atoms with Crippen LogP contribution in [0.3, 0.4) is 0 Å². The Morgan fingerprint density at radius 2 is 1.93 bits per heavy atom. The molecule has 0 aliphatic carbocycles. The molecule has 3 aromatic rings. The van der Waals surface area contributed by atoms with Gasteiger partial charge in [-0.05, 0) is 37.6 Å². The van der Waals surface area contributed by atoms with Gasteiger partial charge in [-0.25, -0.2) is 4.98 Å². The number of nitrogens with zero attached hydrogens (tertiary/aromatic N) is 1. The highest BCUT2D eigenvalue weighted by Crippen LogP contribution is 2.32. The second kappa shape index (κ2) is 9.34. The summed E-state index contributed by atoms with van der Waals surface area (Å²) in [5, 5.41) is 7.96. The molecule has 2 aromatic carbocycles. The largest absolute Gasteiger partial charge is 0.496 e. The lowest BCUT2D eigenvalue weighted by Crippen LogP contribution is -2.28. The van der Waals surface area contributed by atoms with Crippen LogP contribution in [0.5, 0.6) is 5.75 Å². The van der Waals surface area contributed by atoms with Crippen LogP contribution in [0.25, 0.3) is 11.3 Å². The zero-order valence-electron chi connectivity index (χ0n) is 16.6. The van der Waals surface area contributed by atoms with Gasteiger partial charge in [-0.15, -0.1) is 11.3 Å². The van der Waals surface area contributed by atoms with Crippen LogP contribution in [0.4, 0.5) is 5.13 Å². The molecule has 0 aliphatic rings. The molecule has 3 rings (SSSR count). The third-order valence-corrected chi connectivity index (χ3v) is 5.17. The molecule has 2 N–H and O–H groups in total. The highest BCUT2D eigenvalue weighted by atomic mass is 32.1. The molecule has 0 bridgehead atoms. The van der Waals surface area contributed by atoms with Gasteiger partial charge in [-0.2, -0.15) is 0 Å². The number of nitrogens with one attached hydrogen (secondary N) is 2. The smallest absolute Gasteiger partial charge is 0.251 e. The van der Waals surface area contributed by atoms with Gasteiger partial charge in [-0.1, -0.05) is 29.8 Å². The fourth-order valence-electron chi connectivity index (χ4n) is 2.87. The second-order valence-corrected chi connectivity index (χ2v) is 7.47. The average Bonchev–Trinajstić information content (AvgIpc) is 3.16. The van der Waals surface area contributed by atoms with E-state index < -0.39 is 0 Å². The maximum atomic E-state index is 12.2. The topological polar surface area (TPSA) is 80.3 Å². The molecule has 0 fully saturated rings. The summed E-state index contributed by atoms with van der Waals surface area (Å²) < 4.78 is 5.40. The summed E-state index contributed by atoms with van der Waals surface area (Å²) in [6.07, 6.45) is 0.167. The summed E-state index contributed by atoms with van der Waals surface area (Å²) in [4.78, 5) is 28.9. The van der Waals surface area contributed by atoms with Gasteiger partial charge < -0.3 is 15.4 Å². The number of methoxy groups -OCH3 is 1. The molecular weight excluding hydrogens is 386 g/mol. The Labute approximate surface area is 173 Å². The van der Waals surface area contributed by atoms with Crippen molar-refractivity contribution in [3.05, 3.63) is 64.5 Å². The van der Waals surface area contributed by atoms with Crippen molar-refractivity contribution in [3.63, 3.8) is 0 Å². The standard InChI is InChI=1S/C22H23N3O3S/c1-14-8-9-19(28-3)17(12-14)18-13-29-22(24-18)25-20(26)10-11-23-21(27)16-7-5-4-6-15(16)2/h4-9,12-13H,10-11H2,1-3H3,(H,23,27)(H,24,25,26). The fraction of sp³-hybridized carbons (Fsp3) is 0.227. The van der Waals surface area contributed by atoms with Crippen molar-refractivity contribution in [1.82, 2.24) is 10.3 Å². The van der Waals surface area contributed by atoms with E-state index in [-0.39, 0.29) is 24.8 Å². The number of hydrogen-bond acceptors (Lipinski definition) is 5. The van der Waals surface area contributed by atoms with Crippen LogP contribution in [-0.2, 0) is 4.79 Å². The maximum Gasteiger partial charge on any atom is 0.251 e. The molecule has 0 saturated carbocycles. The second-order valence-electron chi connectivity index (χ2n) is 6.61. The summed E-state index contributed by atoms with van der Waals surface area (Å²) in [7, 11) is 1.62. The van der Waals surface area contributed by atoms with Crippen LogP contribution >= 0.6 is 11.3 Å². The molecule has 0 atom stereocenters. The number of carbonyl (C=O) groups is 2. The van der Waals surface area contributed by atoms with Crippen molar-refractivity contribution in [2.45, 2.75) is 20.3 Å². The number of hydrogen-bond donors (Lipinski definition) is 2. The molecule has 1 aromatic heterocycles. The number of carbonyl (C=O) groups excluding carboxylic acids is 2. The first-order chi connectivity index (χ1) is 14.0. The van der Waals surface area contributed by atoms with Crippen molar-refractivity contribution in [2.24, 2.45) is 0 Å². The molecule has 6 nitrogen and oxygen atoms in total. The van der Waals surface area contributed by atoms with Crippen LogP contribution < -0.4 is 15.4 Å². The van der Waals surface area contributed by atoms with Crippen LogP contribution in [0, 0.1) is 13.8 Å². The minimum Gasteiger partial charge on any atom is -0.496 e. The van der Waals surface area contributed by atoms with Gasteiger partial charge in [0, 0.05) is 29.5 Å². The Balaban J connectivity index is 1.55. The third kappa shape index (κ3) is 5.20. The molecule has 0 unspecified atom stereocenters. The Bertz CT molecular complexity index is 1030. The number of aryl methyl sites for hydroxylation is 2. The summed E-state index contributed by atoms with van der Waals surface area (Å²) >= 11 is 1.35. The summed E-state index contributed by atoms with van der Waals surface area (Å²) in [6, 6.07) is 13.2. The highest BCUT2D eigenvalue weighted by Gasteiger charge is 2.13. The van der Waals surface area contributed by atoms with Crippen LogP contribution in [-0.4, -0.2) is 30.5 Å². The minimum atomic E-state index is -0.202. The highest BCUT2D eigenvalue weighted by molar-refractivity contribution is 7.14. The third-order valence-electron chi connectivity index (χ3n) is 4.41. The molecule has 1 heterocycles. The van der Waals surface area contributed by atoms with Crippen LogP contribution in [0.15, 0.2) is 47.8 Å². The average molecular weight is 410 g/mol. The SMILES string of the molecule is COc1ccc(C)cc1-c1csc(NC(=O)CCNC(=O)c2ccccc2C)n1. The molecule has 150 valence electrons. The lowest BCUT2D eigenvalue weighted by atomic mass is 10.1. The van der Waals surface area contributed by atoms with E-state index in [4.69, 9.17) is 4.74 Å². The fourth-order valence-corrected chi connectivity index (χ4v) is 3.60. The Hall–Kier alpha value is -3.19. The van der Waals surface area contributed by atoms with Gasteiger partial charge in [-0.3, -0.25) is 9.59 Å². The van der Waals surface area contributed by atoms with E-state index >= 15 is 0 Å². The normalized spacial score (nSPS) is 10.4. The number of benzene rings is 2. The monoisotopic (exact) mass is 409 g/mol. The van der Waals surface area contributed by atoms with Crippen molar-refractivity contribution in [3.8, 4) is 17.0 Å². The van der Waals surface area contributed by atoms with E-state index in [0.29, 0.717) is 10.7 Å². The predicted molar refractivity (Wildman–Crippen MR) is 116 cm³/mol. The number of thiazole rings is 1. The van der Waals surface area contributed by atoms with Crippen molar-refractivity contribution in [1.29, 1.82) is 0 Å². The lowest BCUT2D eigenvalue weighted by molar-refractivity contribution is -0.116. The van der Waals surface area contributed by atoms with Crippen LogP contribution in [0.2, 0.25) is 0 Å². The van der Waals surface area contributed by atoms with Gasteiger partial charge in [0.2, 0.25) is 5.91 Å². The first kappa shape index (κ1) is 20.5. The molecule has 0 radical (unpaired) electrons. The van der Waals surface area contributed by atoms with Gasteiger partial charge in [0.05, 0.1) is 12.8 Å². The minimum absolute atomic E-state index is 0.167. The Morgan fingerprint density at radius 3 is 2.69 bits per heavy atom. The zero-order valence-corrected chi connectivity index (χ0v) is 17.4. The van der Waals surface area contributed by atoms with Gasteiger partial charge >= 0.3 is 0 Å². The van der Waals surface area contributed by atoms with E-state index in [2.05, 4.69) is 15.6 Å². The predicted octanol–water partition coefficient (Wildman–Crippen LogP) is 4.19. The van der Waals surface area contributed by atoms with E-state index in [9.17, 15) is 9.59 Å². The molecule has 0 aliphatic heterocycles. The molecule has 2 amide bonds. The molecule has 0 saturated heterocycles. The molecule has 7 heteroatoms. The van der Waals surface area contributed by atoms with Crippen molar-refractivity contribution in [2.75, 3.05) is 19.0 Å². The van der Waals surface area contributed by atoms with Gasteiger partial charge in [0.15, 0.2) is 5.13 Å². The zero-order chi connectivity index (χ0) is 20.8. The number of ether oxygens (including phenoxy) is 1. The van der Waals surface area contributed by atoms with E-state index in [1.807, 2.05) is 55.6 Å². The summed E-state index contributed by atoms with van der Waals surface area (Å²) in [6.45, 7) is 4.14. The quantitative estimate of drug-likeness (QED) is 0.613. The summed E-state index contributed by atoms with van der Waals surface area (Å²) in [5.41, 5.74) is 4.25. The molecule has 0 spiro atoms. The number of anilines is 1. The van der Waals surface area contributed by atoms with Crippen molar-refractivity contribution < 1.29 is 14.3 Å². The first-order valence-corrected chi connectivity index (χ1v) is 10.1. The van der Waals surface area contributed by atoms with E-state index in [1.54, 1.807) is 13.2 Å². The number of rotatable bonds is 7. The maximum absolute atomic E-state index is 12.2. The molecular formula is C22H23N3O3S. The van der Waals surface area contributed by atoms with Crippen LogP contribution in [0.1, 0.15) is 27.9 Å². The Kier molecular flexibility index (Phi) is 6.61. The van der Waals surface area contributed by atoms with E-state index in [1.165, 1.54) is 11.3 Å². The number of amides is 2. The first-order valence-electron chi connectivity index (χ1n) is 9.22. The molecule has 29 heavy (non-hydrogen) atoms. The lowest BCUT2D eigenvalue weighted by Gasteiger charge is -2.08. The van der Waals surface area contributed by atoms with Crippen molar-refractivity contribution >= 4 is 28.3 Å². The van der Waals surface area contributed by atoms with Gasteiger partial charge in [0.25, 0.3) is 5.91 Å². The van der Waals surface area contributed by atoms with Gasteiger partial charge in [0.1, 0.15) is 5.75 Å². The summed E-state index contributed by atoms with van der Waals surface area (Å²) in [5.74, 6) is 0.351.